The summed E-state index contributed by atoms with van der Waals surface area (Å²) in [5.41, 5.74) is 3.88. The first kappa shape index (κ1) is 15.5. The molecule has 1 amide bonds. The minimum atomic E-state index is 0.0302. The van der Waals surface area contributed by atoms with Gasteiger partial charge in [0.15, 0.2) is 0 Å². The Labute approximate surface area is 136 Å². The number of likely N-dealkylation sites (tertiary alicyclic amines) is 1. The molecule has 5 heteroatoms. The molecule has 0 atom stereocenters. The van der Waals surface area contributed by atoms with Crippen LogP contribution in [-0.4, -0.2) is 33.9 Å². The number of carbonyl (C=O) groups is 1. The van der Waals surface area contributed by atoms with Gasteiger partial charge in [-0.2, -0.15) is 0 Å². The lowest BCUT2D eigenvalue weighted by Gasteiger charge is -2.26. The Balaban J connectivity index is 1.70. The highest BCUT2D eigenvalue weighted by Gasteiger charge is 2.18. The van der Waals surface area contributed by atoms with Crippen molar-refractivity contribution >= 4 is 17.5 Å². The molecule has 5 nitrogen and oxygen atoms in total. The average Bonchev–Trinajstić information content (AvgIpc) is 2.55. The molecule has 0 saturated carbocycles. The summed E-state index contributed by atoms with van der Waals surface area (Å²) in [6, 6.07) is 6.21. The molecule has 120 valence electrons. The van der Waals surface area contributed by atoms with Crippen molar-refractivity contribution in [1.82, 2.24) is 14.9 Å². The first-order valence-electron chi connectivity index (χ1n) is 8.08. The van der Waals surface area contributed by atoms with Crippen molar-refractivity contribution < 1.29 is 4.79 Å². The Morgan fingerprint density at radius 3 is 2.22 bits per heavy atom. The topological polar surface area (TPSA) is 58.1 Å². The summed E-state index contributed by atoms with van der Waals surface area (Å²) >= 11 is 0. The number of nitrogens with zero attached hydrogens (tertiary/aromatic N) is 3. The van der Waals surface area contributed by atoms with Gasteiger partial charge in [-0.1, -0.05) is 6.07 Å². The number of piperidine rings is 1. The maximum absolute atomic E-state index is 12.4. The lowest BCUT2D eigenvalue weighted by atomic mass is 10.1. The monoisotopic (exact) mass is 310 g/mol. The van der Waals surface area contributed by atoms with E-state index in [0.717, 1.165) is 31.6 Å². The van der Waals surface area contributed by atoms with E-state index in [1.165, 1.54) is 17.5 Å². The predicted molar refractivity (Wildman–Crippen MR) is 91.0 cm³/mol. The van der Waals surface area contributed by atoms with E-state index in [0.29, 0.717) is 11.5 Å². The van der Waals surface area contributed by atoms with E-state index in [1.807, 2.05) is 17.0 Å². The number of nitrogens with one attached hydrogen (secondary N) is 1. The summed E-state index contributed by atoms with van der Waals surface area (Å²) in [6.07, 6.45) is 6.58. The quantitative estimate of drug-likeness (QED) is 0.943. The van der Waals surface area contributed by atoms with Crippen LogP contribution in [0.1, 0.15) is 40.7 Å². The molecular weight excluding hydrogens is 288 g/mol. The third-order valence-electron chi connectivity index (χ3n) is 4.02. The highest BCUT2D eigenvalue weighted by Crippen LogP contribution is 2.18. The first-order chi connectivity index (χ1) is 11.1. The van der Waals surface area contributed by atoms with Crippen LogP contribution in [0.15, 0.2) is 30.6 Å². The Morgan fingerprint density at radius 2 is 1.61 bits per heavy atom. The molecule has 1 aliphatic rings. The Hall–Kier alpha value is -2.43. The minimum Gasteiger partial charge on any atom is -0.339 e. The predicted octanol–water partition coefficient (Wildman–Crippen LogP) is 3.46. The summed E-state index contributed by atoms with van der Waals surface area (Å²) in [4.78, 5) is 22.8. The normalized spacial score (nSPS) is 14.6. The summed E-state index contributed by atoms with van der Waals surface area (Å²) in [5.74, 6) is 0.535. The largest absolute Gasteiger partial charge is 0.339 e. The van der Waals surface area contributed by atoms with Crippen LogP contribution in [0.25, 0.3) is 0 Å². The van der Waals surface area contributed by atoms with Crippen molar-refractivity contribution in [1.29, 1.82) is 0 Å². The zero-order valence-electron chi connectivity index (χ0n) is 13.7. The molecule has 0 radical (unpaired) electrons. The number of rotatable bonds is 3. The van der Waals surface area contributed by atoms with E-state index in [1.54, 1.807) is 12.4 Å². The van der Waals surface area contributed by atoms with Gasteiger partial charge in [-0.3, -0.25) is 4.79 Å². The van der Waals surface area contributed by atoms with E-state index in [9.17, 15) is 4.79 Å². The lowest BCUT2D eigenvalue weighted by Crippen LogP contribution is -2.35. The molecule has 1 fully saturated rings. The molecule has 0 bridgehead atoms. The second kappa shape index (κ2) is 6.77. The number of hydrogen-bond acceptors (Lipinski definition) is 4. The highest BCUT2D eigenvalue weighted by molar-refractivity contribution is 5.93. The van der Waals surface area contributed by atoms with Crippen molar-refractivity contribution in [2.75, 3.05) is 18.4 Å². The van der Waals surface area contributed by atoms with Gasteiger partial charge >= 0.3 is 0 Å². The van der Waals surface area contributed by atoms with Gasteiger partial charge < -0.3 is 10.2 Å². The van der Waals surface area contributed by atoms with Crippen LogP contribution in [0.5, 0.6) is 0 Å². The maximum atomic E-state index is 12.4. The van der Waals surface area contributed by atoms with Gasteiger partial charge in [-0.15, -0.1) is 0 Å². The third-order valence-corrected chi connectivity index (χ3v) is 4.02. The lowest BCUT2D eigenvalue weighted by molar-refractivity contribution is 0.0723. The first-order valence-corrected chi connectivity index (χ1v) is 8.08. The molecule has 0 aliphatic carbocycles. The Kier molecular flexibility index (Phi) is 4.55. The average molecular weight is 310 g/mol. The summed E-state index contributed by atoms with van der Waals surface area (Å²) < 4.78 is 0. The zero-order chi connectivity index (χ0) is 16.2. The van der Waals surface area contributed by atoms with E-state index in [2.05, 4.69) is 35.2 Å². The third kappa shape index (κ3) is 3.86. The summed E-state index contributed by atoms with van der Waals surface area (Å²) in [6.45, 7) is 5.78. The van der Waals surface area contributed by atoms with Gasteiger partial charge in [0.05, 0.1) is 5.56 Å². The number of carbonyl (C=O) groups excluding carboxylic acids is 1. The number of aromatic nitrogens is 2. The van der Waals surface area contributed by atoms with Crippen molar-refractivity contribution in [3.63, 3.8) is 0 Å². The molecule has 1 aliphatic heterocycles. The number of amides is 1. The molecule has 1 aromatic carbocycles. The fraction of sp³-hybridized carbons (Fsp3) is 0.389. The fourth-order valence-electron chi connectivity index (χ4n) is 2.96. The van der Waals surface area contributed by atoms with Crippen LogP contribution < -0.4 is 5.32 Å². The highest BCUT2D eigenvalue weighted by atomic mass is 16.2. The SMILES string of the molecule is Cc1cc(C)cc(Nc2ncc(C(=O)N3CCCCC3)cn2)c1. The van der Waals surface area contributed by atoms with Gasteiger partial charge in [-0.05, 0) is 56.4 Å². The molecule has 0 spiro atoms. The van der Waals surface area contributed by atoms with Crippen molar-refractivity contribution in [2.45, 2.75) is 33.1 Å². The Morgan fingerprint density at radius 1 is 1.00 bits per heavy atom. The molecular formula is C18H22N4O. The van der Waals surface area contributed by atoms with E-state index >= 15 is 0 Å². The van der Waals surface area contributed by atoms with Gasteiger partial charge in [0.25, 0.3) is 5.91 Å². The summed E-state index contributed by atoms with van der Waals surface area (Å²) in [5, 5.41) is 3.18. The van der Waals surface area contributed by atoms with Gasteiger partial charge in [-0.25, -0.2) is 9.97 Å². The van der Waals surface area contributed by atoms with Crippen LogP contribution in [0.4, 0.5) is 11.6 Å². The van der Waals surface area contributed by atoms with Crippen molar-refractivity contribution in [3.8, 4) is 0 Å². The van der Waals surface area contributed by atoms with E-state index in [-0.39, 0.29) is 5.91 Å². The molecule has 2 heterocycles. The molecule has 3 rings (SSSR count). The number of aryl methyl sites for hydroxylation is 2. The van der Waals surface area contributed by atoms with Gasteiger partial charge in [0.1, 0.15) is 0 Å². The molecule has 0 unspecified atom stereocenters. The molecule has 2 aromatic rings. The number of benzene rings is 1. The Bertz CT molecular complexity index is 670. The van der Waals surface area contributed by atoms with Crippen LogP contribution in [0.3, 0.4) is 0 Å². The molecule has 1 N–H and O–H groups in total. The molecule has 1 saturated heterocycles. The number of anilines is 2. The molecule has 1 aromatic heterocycles. The van der Waals surface area contributed by atoms with Crippen LogP contribution in [0.2, 0.25) is 0 Å². The molecule has 23 heavy (non-hydrogen) atoms. The van der Waals surface area contributed by atoms with Crippen molar-refractivity contribution in [3.05, 3.63) is 47.3 Å². The van der Waals surface area contributed by atoms with Gasteiger partial charge in [0, 0.05) is 31.2 Å². The maximum Gasteiger partial charge on any atom is 0.256 e. The van der Waals surface area contributed by atoms with E-state index < -0.39 is 0 Å². The fourth-order valence-corrected chi connectivity index (χ4v) is 2.96. The second-order valence-corrected chi connectivity index (χ2v) is 6.15. The zero-order valence-corrected chi connectivity index (χ0v) is 13.7. The second-order valence-electron chi connectivity index (χ2n) is 6.15. The van der Waals surface area contributed by atoms with Crippen LogP contribution in [0, 0.1) is 13.8 Å². The standard InChI is InChI=1S/C18H22N4O/c1-13-8-14(2)10-16(9-13)21-18-19-11-15(12-20-18)17(23)22-6-4-3-5-7-22/h8-12H,3-7H2,1-2H3,(H,19,20,21). The van der Waals surface area contributed by atoms with Crippen LogP contribution >= 0.6 is 0 Å². The number of hydrogen-bond donors (Lipinski definition) is 1. The van der Waals surface area contributed by atoms with Crippen molar-refractivity contribution in [2.24, 2.45) is 0 Å². The minimum absolute atomic E-state index is 0.0302. The smallest absolute Gasteiger partial charge is 0.256 e. The van der Waals surface area contributed by atoms with Crippen LogP contribution in [-0.2, 0) is 0 Å². The van der Waals surface area contributed by atoms with E-state index in [4.69, 9.17) is 0 Å². The summed E-state index contributed by atoms with van der Waals surface area (Å²) in [7, 11) is 0. The van der Waals surface area contributed by atoms with Gasteiger partial charge in [0.2, 0.25) is 5.95 Å².